The highest BCUT2D eigenvalue weighted by Crippen LogP contribution is 2.29. The minimum absolute atomic E-state index is 0.472. The van der Waals surface area contributed by atoms with Gasteiger partial charge in [0, 0.05) is 12.1 Å². The summed E-state index contributed by atoms with van der Waals surface area (Å²) in [7, 11) is 6.06. The smallest absolute Gasteiger partial charge is 0.121 e. The molecule has 0 radical (unpaired) electrons. The first-order chi connectivity index (χ1) is 9.11. The van der Waals surface area contributed by atoms with E-state index in [2.05, 4.69) is 49.4 Å². The summed E-state index contributed by atoms with van der Waals surface area (Å²) in [5.74, 6) is 0.972. The van der Waals surface area contributed by atoms with Crippen LogP contribution in [0.5, 0.6) is 5.75 Å². The summed E-state index contributed by atoms with van der Waals surface area (Å²) >= 11 is 0. The van der Waals surface area contributed by atoms with Crippen molar-refractivity contribution >= 4 is 0 Å². The summed E-state index contributed by atoms with van der Waals surface area (Å²) < 4.78 is 5.35. The van der Waals surface area contributed by atoms with E-state index >= 15 is 0 Å². The lowest BCUT2D eigenvalue weighted by atomic mass is 9.96. The van der Waals surface area contributed by atoms with Crippen molar-refractivity contribution in [3.8, 4) is 5.75 Å². The van der Waals surface area contributed by atoms with Crippen LogP contribution in [0, 0.1) is 6.92 Å². The molecule has 1 saturated heterocycles. The highest BCUT2D eigenvalue weighted by Gasteiger charge is 2.22. The summed E-state index contributed by atoms with van der Waals surface area (Å²) in [5, 5.41) is 3.60. The van der Waals surface area contributed by atoms with Gasteiger partial charge in [0.05, 0.1) is 7.11 Å². The first kappa shape index (κ1) is 14.4. The van der Waals surface area contributed by atoms with Crippen LogP contribution in [-0.4, -0.2) is 38.7 Å². The molecule has 1 aromatic carbocycles. The molecule has 106 valence electrons. The molecule has 0 spiro atoms. The predicted molar refractivity (Wildman–Crippen MR) is 79.8 cm³/mol. The quantitative estimate of drug-likeness (QED) is 0.883. The zero-order chi connectivity index (χ0) is 13.8. The van der Waals surface area contributed by atoms with Crippen LogP contribution in [0.1, 0.15) is 36.4 Å². The van der Waals surface area contributed by atoms with Gasteiger partial charge in [-0.05, 0) is 64.0 Å². The predicted octanol–water partition coefficient (Wildman–Crippen LogP) is 2.75. The molecule has 1 aliphatic rings. The number of aryl methyl sites for hydroxylation is 1. The van der Waals surface area contributed by atoms with Crippen LogP contribution in [0.15, 0.2) is 18.2 Å². The van der Waals surface area contributed by atoms with Crippen LogP contribution in [0.2, 0.25) is 0 Å². The average Bonchev–Trinajstić information content (AvgIpc) is 2.88. The molecule has 1 fully saturated rings. The summed E-state index contributed by atoms with van der Waals surface area (Å²) in [6.07, 6.45) is 3.80. The molecule has 0 aliphatic carbocycles. The fraction of sp³-hybridized carbons (Fsp3) is 0.625. The number of benzene rings is 1. The summed E-state index contributed by atoms with van der Waals surface area (Å²) in [6, 6.07) is 7.68. The number of hydrogen-bond acceptors (Lipinski definition) is 3. The summed E-state index contributed by atoms with van der Waals surface area (Å²) in [5.41, 5.74) is 2.60. The Labute approximate surface area is 116 Å². The molecule has 3 heteroatoms. The van der Waals surface area contributed by atoms with E-state index in [1.165, 1.54) is 36.9 Å². The zero-order valence-electron chi connectivity index (χ0n) is 12.6. The van der Waals surface area contributed by atoms with Crippen molar-refractivity contribution in [2.24, 2.45) is 0 Å². The van der Waals surface area contributed by atoms with Crippen molar-refractivity contribution in [2.75, 3.05) is 27.7 Å². The first-order valence-electron chi connectivity index (χ1n) is 7.16. The Hall–Kier alpha value is -1.06. The van der Waals surface area contributed by atoms with E-state index in [1.807, 2.05) is 0 Å². The van der Waals surface area contributed by atoms with E-state index in [1.54, 1.807) is 7.11 Å². The zero-order valence-corrected chi connectivity index (χ0v) is 12.6. The van der Waals surface area contributed by atoms with Gasteiger partial charge in [-0.25, -0.2) is 0 Å². The lowest BCUT2D eigenvalue weighted by Crippen LogP contribution is -2.29. The van der Waals surface area contributed by atoms with Crippen LogP contribution < -0.4 is 10.1 Å². The molecule has 0 aromatic heterocycles. The monoisotopic (exact) mass is 262 g/mol. The average molecular weight is 262 g/mol. The van der Waals surface area contributed by atoms with Crippen LogP contribution >= 0.6 is 0 Å². The third-order valence-corrected chi connectivity index (χ3v) is 4.10. The van der Waals surface area contributed by atoms with Gasteiger partial charge in [0.1, 0.15) is 5.75 Å². The summed E-state index contributed by atoms with van der Waals surface area (Å²) in [6.45, 7) is 3.29. The molecule has 1 aromatic rings. The number of ether oxygens (including phenoxy) is 1. The Bertz CT molecular complexity index is 411. The summed E-state index contributed by atoms with van der Waals surface area (Å²) in [4.78, 5) is 2.32. The van der Waals surface area contributed by atoms with E-state index in [4.69, 9.17) is 4.74 Å². The van der Waals surface area contributed by atoms with E-state index in [9.17, 15) is 0 Å². The SMILES string of the molecule is COc1ccc(C(CC2CCCN2)N(C)C)cc1C. The number of nitrogens with zero attached hydrogens (tertiary/aromatic N) is 1. The van der Waals surface area contributed by atoms with E-state index in [0.29, 0.717) is 12.1 Å². The molecule has 19 heavy (non-hydrogen) atoms. The second-order valence-electron chi connectivity index (χ2n) is 5.74. The molecule has 0 saturated carbocycles. The lowest BCUT2D eigenvalue weighted by Gasteiger charge is -2.28. The van der Waals surface area contributed by atoms with E-state index in [0.717, 1.165) is 5.75 Å². The van der Waals surface area contributed by atoms with Crippen molar-refractivity contribution in [2.45, 2.75) is 38.3 Å². The molecular weight excluding hydrogens is 236 g/mol. The minimum atomic E-state index is 0.472. The molecule has 3 nitrogen and oxygen atoms in total. The standard InChI is InChI=1S/C16H26N2O/c1-12-10-13(7-8-16(12)19-4)15(18(2)3)11-14-6-5-9-17-14/h7-8,10,14-15,17H,5-6,9,11H2,1-4H3. The number of methoxy groups -OCH3 is 1. The molecule has 1 heterocycles. The van der Waals surface area contributed by atoms with Crippen molar-refractivity contribution in [1.82, 2.24) is 10.2 Å². The lowest BCUT2D eigenvalue weighted by molar-refractivity contribution is 0.262. The van der Waals surface area contributed by atoms with Gasteiger partial charge in [-0.3, -0.25) is 0 Å². The second-order valence-corrected chi connectivity index (χ2v) is 5.74. The number of hydrogen-bond donors (Lipinski definition) is 1. The Morgan fingerprint density at radius 2 is 2.21 bits per heavy atom. The van der Waals surface area contributed by atoms with Crippen molar-refractivity contribution < 1.29 is 4.74 Å². The molecule has 1 N–H and O–H groups in total. The van der Waals surface area contributed by atoms with Crippen LogP contribution in [0.25, 0.3) is 0 Å². The molecule has 1 aliphatic heterocycles. The Balaban J connectivity index is 2.15. The third-order valence-electron chi connectivity index (χ3n) is 4.10. The molecule has 0 bridgehead atoms. The highest BCUT2D eigenvalue weighted by atomic mass is 16.5. The maximum Gasteiger partial charge on any atom is 0.121 e. The Morgan fingerprint density at radius 1 is 1.42 bits per heavy atom. The van der Waals surface area contributed by atoms with Crippen LogP contribution in [0.4, 0.5) is 0 Å². The van der Waals surface area contributed by atoms with Gasteiger partial charge in [-0.1, -0.05) is 12.1 Å². The van der Waals surface area contributed by atoms with Gasteiger partial charge in [0.2, 0.25) is 0 Å². The van der Waals surface area contributed by atoms with Crippen molar-refractivity contribution in [1.29, 1.82) is 0 Å². The Morgan fingerprint density at radius 3 is 2.74 bits per heavy atom. The number of nitrogens with one attached hydrogen (secondary N) is 1. The van der Waals surface area contributed by atoms with E-state index in [-0.39, 0.29) is 0 Å². The highest BCUT2D eigenvalue weighted by molar-refractivity contribution is 5.37. The van der Waals surface area contributed by atoms with Gasteiger partial charge < -0.3 is 15.0 Å². The largest absolute Gasteiger partial charge is 0.496 e. The minimum Gasteiger partial charge on any atom is -0.496 e. The Kier molecular flexibility index (Phi) is 4.83. The molecule has 2 atom stereocenters. The van der Waals surface area contributed by atoms with Crippen LogP contribution in [-0.2, 0) is 0 Å². The van der Waals surface area contributed by atoms with Gasteiger partial charge in [-0.15, -0.1) is 0 Å². The molecule has 0 amide bonds. The van der Waals surface area contributed by atoms with Gasteiger partial charge in [-0.2, -0.15) is 0 Å². The van der Waals surface area contributed by atoms with Gasteiger partial charge in [0.15, 0.2) is 0 Å². The van der Waals surface area contributed by atoms with E-state index < -0.39 is 0 Å². The maximum atomic E-state index is 5.35. The first-order valence-corrected chi connectivity index (χ1v) is 7.16. The topological polar surface area (TPSA) is 24.5 Å². The second kappa shape index (κ2) is 6.40. The molecular formula is C16H26N2O. The number of rotatable bonds is 5. The van der Waals surface area contributed by atoms with Crippen molar-refractivity contribution in [3.63, 3.8) is 0 Å². The van der Waals surface area contributed by atoms with Gasteiger partial charge in [0.25, 0.3) is 0 Å². The molecule has 2 rings (SSSR count). The third kappa shape index (κ3) is 3.48. The van der Waals surface area contributed by atoms with Crippen molar-refractivity contribution in [3.05, 3.63) is 29.3 Å². The molecule has 2 unspecified atom stereocenters. The normalized spacial score (nSPS) is 20.8. The van der Waals surface area contributed by atoms with Crippen LogP contribution in [0.3, 0.4) is 0 Å². The maximum absolute atomic E-state index is 5.35. The van der Waals surface area contributed by atoms with Gasteiger partial charge >= 0.3 is 0 Å². The fourth-order valence-corrected chi connectivity index (χ4v) is 2.98. The fourth-order valence-electron chi connectivity index (χ4n) is 2.98.